The van der Waals surface area contributed by atoms with E-state index in [1.807, 2.05) is 24.3 Å². The fourth-order valence-electron chi connectivity index (χ4n) is 2.65. The van der Waals surface area contributed by atoms with Gasteiger partial charge in [0.2, 0.25) is 0 Å². The van der Waals surface area contributed by atoms with Gasteiger partial charge in [-0.1, -0.05) is 24.3 Å². The summed E-state index contributed by atoms with van der Waals surface area (Å²) in [6.45, 7) is 0. The number of rotatable bonds is 1. The fourth-order valence-corrected chi connectivity index (χ4v) is 2.65. The first-order valence-electron chi connectivity index (χ1n) is 6.44. The Hall–Kier alpha value is -3.08. The van der Waals surface area contributed by atoms with Gasteiger partial charge in [-0.05, 0) is 23.6 Å². The number of benzene rings is 2. The second kappa shape index (κ2) is 4.21. The molecular formula is C16H9N3O2. The number of imide groups is 1. The number of carbonyl (C=O) groups is 2. The van der Waals surface area contributed by atoms with Crippen molar-refractivity contribution in [3.63, 3.8) is 0 Å². The highest BCUT2D eigenvalue weighted by atomic mass is 16.2. The molecular weight excluding hydrogens is 266 g/mol. The van der Waals surface area contributed by atoms with Crippen LogP contribution in [0.3, 0.4) is 0 Å². The molecule has 21 heavy (non-hydrogen) atoms. The minimum absolute atomic E-state index is 0.284. The van der Waals surface area contributed by atoms with Gasteiger partial charge >= 0.3 is 0 Å². The van der Waals surface area contributed by atoms with Crippen LogP contribution in [0.25, 0.3) is 10.8 Å². The summed E-state index contributed by atoms with van der Waals surface area (Å²) in [5.41, 5.74) is 1.03. The number of anilines is 1. The number of amides is 2. The minimum atomic E-state index is -0.358. The molecule has 100 valence electrons. The SMILES string of the molecule is O=C1c2cccc3cccc(c23)C(=O)N1c1ccncn1. The lowest BCUT2D eigenvalue weighted by Gasteiger charge is -2.26. The molecule has 0 bridgehead atoms. The standard InChI is InChI=1S/C16H9N3O2/c20-15-11-5-1-3-10-4-2-6-12(14(10)11)16(21)19(15)13-7-8-17-9-18-13/h1-9H. The highest BCUT2D eigenvalue weighted by Crippen LogP contribution is 2.31. The van der Waals surface area contributed by atoms with Crippen LogP contribution >= 0.6 is 0 Å². The van der Waals surface area contributed by atoms with Gasteiger partial charge in [0.15, 0.2) is 0 Å². The highest BCUT2D eigenvalue weighted by Gasteiger charge is 2.34. The molecule has 2 amide bonds. The summed E-state index contributed by atoms with van der Waals surface area (Å²) in [7, 11) is 0. The maximum Gasteiger partial charge on any atom is 0.267 e. The predicted octanol–water partition coefficient (Wildman–Crippen LogP) is 2.43. The normalized spacial score (nSPS) is 13.8. The Bertz CT molecular complexity index is 840. The zero-order valence-corrected chi connectivity index (χ0v) is 10.9. The van der Waals surface area contributed by atoms with E-state index in [9.17, 15) is 9.59 Å². The van der Waals surface area contributed by atoms with E-state index in [1.54, 1.807) is 18.2 Å². The van der Waals surface area contributed by atoms with E-state index in [0.29, 0.717) is 16.5 Å². The van der Waals surface area contributed by atoms with Crippen LogP contribution in [0, 0.1) is 0 Å². The molecule has 0 spiro atoms. The van der Waals surface area contributed by atoms with Crippen molar-refractivity contribution in [2.24, 2.45) is 0 Å². The molecule has 0 atom stereocenters. The maximum atomic E-state index is 12.7. The second-order valence-electron chi connectivity index (χ2n) is 4.72. The van der Waals surface area contributed by atoms with Crippen molar-refractivity contribution in [3.05, 3.63) is 66.1 Å². The topological polar surface area (TPSA) is 63.2 Å². The molecule has 2 heterocycles. The lowest BCUT2D eigenvalue weighted by Crippen LogP contribution is -2.40. The molecule has 0 radical (unpaired) electrons. The quantitative estimate of drug-likeness (QED) is 0.640. The molecule has 0 aliphatic carbocycles. The predicted molar refractivity (Wildman–Crippen MR) is 77.1 cm³/mol. The first-order valence-corrected chi connectivity index (χ1v) is 6.44. The third kappa shape index (κ3) is 1.57. The average Bonchev–Trinajstić information content (AvgIpc) is 2.54. The van der Waals surface area contributed by atoms with Crippen LogP contribution in [0.2, 0.25) is 0 Å². The van der Waals surface area contributed by atoms with E-state index in [4.69, 9.17) is 0 Å². The van der Waals surface area contributed by atoms with Crippen LogP contribution < -0.4 is 4.90 Å². The van der Waals surface area contributed by atoms with E-state index in [2.05, 4.69) is 9.97 Å². The molecule has 0 fully saturated rings. The Kier molecular flexibility index (Phi) is 2.35. The molecule has 4 rings (SSSR count). The Morgan fingerprint density at radius 1 is 0.857 bits per heavy atom. The first-order chi connectivity index (χ1) is 10.3. The number of hydrogen-bond donors (Lipinski definition) is 0. The molecule has 0 saturated heterocycles. The minimum Gasteiger partial charge on any atom is -0.268 e. The summed E-state index contributed by atoms with van der Waals surface area (Å²) in [6.07, 6.45) is 2.82. The van der Waals surface area contributed by atoms with Crippen molar-refractivity contribution in [1.29, 1.82) is 0 Å². The summed E-state index contributed by atoms with van der Waals surface area (Å²) >= 11 is 0. The van der Waals surface area contributed by atoms with E-state index in [0.717, 1.165) is 10.3 Å². The summed E-state index contributed by atoms with van der Waals surface area (Å²) in [6, 6.07) is 12.4. The van der Waals surface area contributed by atoms with Crippen LogP contribution in [-0.2, 0) is 0 Å². The van der Waals surface area contributed by atoms with Crippen molar-refractivity contribution in [1.82, 2.24) is 9.97 Å². The van der Waals surface area contributed by atoms with Crippen LogP contribution in [0.5, 0.6) is 0 Å². The van der Waals surface area contributed by atoms with Crippen molar-refractivity contribution in [2.75, 3.05) is 4.90 Å². The molecule has 1 aliphatic rings. The summed E-state index contributed by atoms with van der Waals surface area (Å²) in [5.74, 6) is -0.433. The van der Waals surface area contributed by atoms with Gasteiger partial charge in [-0.3, -0.25) is 9.59 Å². The third-order valence-electron chi connectivity index (χ3n) is 3.57. The number of hydrogen-bond acceptors (Lipinski definition) is 4. The van der Waals surface area contributed by atoms with Gasteiger partial charge in [0.05, 0.1) is 0 Å². The zero-order valence-electron chi connectivity index (χ0n) is 10.9. The molecule has 2 aromatic carbocycles. The highest BCUT2D eigenvalue weighted by molar-refractivity contribution is 6.35. The van der Waals surface area contributed by atoms with E-state index in [1.165, 1.54) is 12.5 Å². The van der Waals surface area contributed by atoms with Gasteiger partial charge in [0, 0.05) is 22.7 Å². The zero-order chi connectivity index (χ0) is 14.4. The molecule has 0 N–H and O–H groups in total. The van der Waals surface area contributed by atoms with Crippen LogP contribution in [0.1, 0.15) is 20.7 Å². The largest absolute Gasteiger partial charge is 0.268 e. The molecule has 1 aromatic heterocycles. The van der Waals surface area contributed by atoms with Gasteiger partial charge in [0.1, 0.15) is 12.1 Å². The summed E-state index contributed by atoms with van der Waals surface area (Å²) in [4.78, 5) is 34.2. The summed E-state index contributed by atoms with van der Waals surface area (Å²) < 4.78 is 0. The summed E-state index contributed by atoms with van der Waals surface area (Å²) in [5, 5.41) is 1.59. The van der Waals surface area contributed by atoms with Crippen LogP contribution in [0.4, 0.5) is 5.82 Å². The van der Waals surface area contributed by atoms with E-state index >= 15 is 0 Å². The molecule has 5 heteroatoms. The van der Waals surface area contributed by atoms with Gasteiger partial charge in [-0.25, -0.2) is 14.9 Å². The van der Waals surface area contributed by atoms with Gasteiger partial charge in [-0.15, -0.1) is 0 Å². The number of aromatic nitrogens is 2. The van der Waals surface area contributed by atoms with Crippen molar-refractivity contribution in [3.8, 4) is 0 Å². The molecule has 0 saturated carbocycles. The second-order valence-corrected chi connectivity index (χ2v) is 4.72. The van der Waals surface area contributed by atoms with E-state index in [-0.39, 0.29) is 17.6 Å². The third-order valence-corrected chi connectivity index (χ3v) is 3.57. The number of nitrogens with zero attached hydrogens (tertiary/aromatic N) is 3. The monoisotopic (exact) mass is 275 g/mol. The van der Waals surface area contributed by atoms with Crippen molar-refractivity contribution < 1.29 is 9.59 Å². The molecule has 1 aliphatic heterocycles. The molecule has 0 unspecified atom stereocenters. The van der Waals surface area contributed by atoms with Crippen molar-refractivity contribution >= 4 is 28.4 Å². The Labute approximate surface area is 119 Å². The molecule has 5 nitrogen and oxygen atoms in total. The Balaban J connectivity index is 2.02. The van der Waals surface area contributed by atoms with Crippen LogP contribution in [-0.4, -0.2) is 21.8 Å². The van der Waals surface area contributed by atoms with Gasteiger partial charge in [-0.2, -0.15) is 0 Å². The number of carbonyl (C=O) groups excluding carboxylic acids is 2. The average molecular weight is 275 g/mol. The van der Waals surface area contributed by atoms with E-state index < -0.39 is 0 Å². The van der Waals surface area contributed by atoms with Gasteiger partial charge in [0.25, 0.3) is 11.8 Å². The Morgan fingerprint density at radius 2 is 1.52 bits per heavy atom. The lowest BCUT2D eigenvalue weighted by atomic mass is 9.94. The molecule has 3 aromatic rings. The fraction of sp³-hybridized carbons (Fsp3) is 0. The smallest absolute Gasteiger partial charge is 0.267 e. The maximum absolute atomic E-state index is 12.7. The first kappa shape index (κ1) is 11.7. The Morgan fingerprint density at radius 3 is 2.10 bits per heavy atom. The van der Waals surface area contributed by atoms with Crippen molar-refractivity contribution in [2.45, 2.75) is 0 Å². The lowest BCUT2D eigenvalue weighted by molar-refractivity contribution is 0.0892. The van der Waals surface area contributed by atoms with Crippen LogP contribution in [0.15, 0.2) is 55.0 Å². The van der Waals surface area contributed by atoms with Gasteiger partial charge < -0.3 is 0 Å².